The molecule has 1 N–H and O–H groups in total. The summed E-state index contributed by atoms with van der Waals surface area (Å²) in [5, 5.41) is 12.5. The van der Waals surface area contributed by atoms with Crippen LogP contribution >= 0.6 is 14.9 Å². The molecule has 1 aliphatic heterocycles. The molecule has 16 heteroatoms. The SMILES string of the molecule is CCOP(=O)(OCC)C1CC1[C@H]1O[C@@H](n2cnc3c(NC(=O)c4ccccc4)ncnc32)[C@H](OC)[C@@H]1N(CCC#N)P(=O)(C(C)C)C(C)C. The number of carbonyl (C=O) groups is 1. The van der Waals surface area contributed by atoms with Crippen molar-refractivity contribution in [2.24, 2.45) is 5.92 Å². The fraction of sp³-hybridized carbons (Fsp3) is 0.606. The molecule has 266 valence electrons. The molecule has 2 aromatic heterocycles. The van der Waals surface area contributed by atoms with E-state index < -0.39 is 45.0 Å². The number of benzene rings is 1. The van der Waals surface area contributed by atoms with Crippen molar-refractivity contribution in [3.63, 3.8) is 0 Å². The topological polar surface area (TPSA) is 171 Å². The highest BCUT2D eigenvalue weighted by atomic mass is 31.2. The molecule has 1 aliphatic carbocycles. The Morgan fingerprint density at radius 2 is 1.78 bits per heavy atom. The Morgan fingerprint density at radius 3 is 2.37 bits per heavy atom. The molecular formula is C33H47N7O7P2. The molecule has 3 aromatic rings. The third-order valence-corrected chi connectivity index (χ3v) is 16.2. The van der Waals surface area contributed by atoms with Crippen molar-refractivity contribution in [2.45, 2.75) is 95.8 Å². The maximum atomic E-state index is 15.1. The Hall–Kier alpha value is -3.01. The first-order valence-electron chi connectivity index (χ1n) is 16.8. The lowest BCUT2D eigenvalue weighted by molar-refractivity contribution is -0.0523. The molecule has 1 saturated carbocycles. The number of imidazole rings is 1. The molecule has 2 unspecified atom stereocenters. The first-order valence-corrected chi connectivity index (χ1v) is 20.2. The molecule has 1 amide bonds. The third-order valence-electron chi connectivity index (χ3n) is 9.35. The quantitative estimate of drug-likeness (QED) is 0.164. The molecule has 1 saturated heterocycles. The van der Waals surface area contributed by atoms with Crippen molar-refractivity contribution >= 4 is 37.8 Å². The van der Waals surface area contributed by atoms with Crippen LogP contribution in [-0.2, 0) is 27.7 Å². The number of nitrogens with one attached hydrogen (secondary N) is 1. The standard InChI is InChI=1S/C33H47N7O7P2/c1-8-45-49(43,46-9-2)25-18-24(25)28-27(40(17-13-16-34)48(42,21(3)4)22(5)6)29(44-7)33(47-28)39-20-37-26-30(35-19-36-31(26)39)38-32(41)23-14-11-10-12-15-23/h10-12,14-15,19-22,24-25,27-29,33H,8-9,13,17-18H2,1-7H3,(H,35,36,38,41)/t24?,25?,27-,28-,29-,33-/m1/s1. The second kappa shape index (κ2) is 15.5. The Labute approximate surface area is 287 Å². The summed E-state index contributed by atoms with van der Waals surface area (Å²) in [5.74, 6) is -0.380. The number of anilines is 1. The number of amides is 1. The van der Waals surface area contributed by atoms with E-state index >= 15 is 4.57 Å². The van der Waals surface area contributed by atoms with E-state index in [0.717, 1.165) is 0 Å². The summed E-state index contributed by atoms with van der Waals surface area (Å²) in [6, 6.07) is 10.4. The van der Waals surface area contributed by atoms with Crippen molar-refractivity contribution in [1.82, 2.24) is 24.2 Å². The summed E-state index contributed by atoms with van der Waals surface area (Å²) in [7, 11) is -5.06. The molecule has 5 rings (SSSR count). The maximum Gasteiger partial charge on any atom is 0.334 e. The molecule has 1 aromatic carbocycles. The van der Waals surface area contributed by atoms with Crippen LogP contribution in [0, 0.1) is 17.2 Å². The molecule has 14 nitrogen and oxygen atoms in total. The van der Waals surface area contributed by atoms with Gasteiger partial charge >= 0.3 is 7.60 Å². The van der Waals surface area contributed by atoms with E-state index in [1.54, 1.807) is 56.1 Å². The number of carbonyl (C=O) groups excluding carboxylic acids is 1. The van der Waals surface area contributed by atoms with Crippen molar-refractivity contribution < 1.29 is 32.4 Å². The van der Waals surface area contributed by atoms with Crippen molar-refractivity contribution in [1.29, 1.82) is 5.26 Å². The number of nitriles is 1. The summed E-state index contributed by atoms with van der Waals surface area (Å²) in [6.07, 6.45) is 1.44. The highest BCUT2D eigenvalue weighted by Crippen LogP contribution is 2.69. The monoisotopic (exact) mass is 715 g/mol. The van der Waals surface area contributed by atoms with Crippen molar-refractivity contribution in [2.75, 3.05) is 32.2 Å². The normalized spacial score (nSPS) is 24.2. The molecule has 0 spiro atoms. The van der Waals surface area contributed by atoms with Gasteiger partial charge in [-0.25, -0.2) is 19.6 Å². The van der Waals surface area contributed by atoms with Gasteiger partial charge in [0.1, 0.15) is 12.4 Å². The van der Waals surface area contributed by atoms with Gasteiger partial charge in [-0.05, 0) is 32.4 Å². The fourth-order valence-electron chi connectivity index (χ4n) is 7.12. The predicted molar refractivity (Wildman–Crippen MR) is 186 cm³/mol. The molecule has 0 radical (unpaired) electrons. The van der Waals surface area contributed by atoms with E-state index in [9.17, 15) is 14.6 Å². The molecule has 6 atom stereocenters. The van der Waals surface area contributed by atoms with Gasteiger partial charge in [-0.3, -0.25) is 13.9 Å². The summed E-state index contributed by atoms with van der Waals surface area (Å²) >= 11 is 0. The van der Waals surface area contributed by atoms with Gasteiger partial charge in [-0.2, -0.15) is 5.26 Å². The Bertz CT molecular complexity index is 1730. The number of nitrogens with zero attached hydrogens (tertiary/aromatic N) is 6. The molecule has 0 bridgehead atoms. The number of aromatic nitrogens is 4. The van der Waals surface area contributed by atoms with Crippen molar-refractivity contribution in [3.8, 4) is 6.07 Å². The van der Waals surface area contributed by atoms with E-state index in [0.29, 0.717) is 23.1 Å². The average Bonchev–Trinajstić information content (AvgIpc) is 3.64. The lowest BCUT2D eigenvalue weighted by atomic mass is 10.0. The highest BCUT2D eigenvalue weighted by molar-refractivity contribution is 7.62. The Morgan fingerprint density at radius 1 is 1.10 bits per heavy atom. The van der Waals surface area contributed by atoms with Gasteiger partial charge in [0.2, 0.25) is 0 Å². The van der Waals surface area contributed by atoms with Crippen LogP contribution in [0.25, 0.3) is 11.2 Å². The summed E-state index contributed by atoms with van der Waals surface area (Å²) in [4.78, 5) is 26.4. The first kappa shape index (κ1) is 37.3. The van der Waals surface area contributed by atoms with Crippen molar-refractivity contribution in [3.05, 3.63) is 48.5 Å². The minimum absolute atomic E-state index is 0.143. The van der Waals surface area contributed by atoms with Gasteiger partial charge < -0.3 is 28.4 Å². The minimum Gasteiger partial charge on any atom is -0.375 e. The largest absolute Gasteiger partial charge is 0.375 e. The molecule has 49 heavy (non-hydrogen) atoms. The molecule has 2 aliphatic rings. The lowest BCUT2D eigenvalue weighted by Crippen LogP contribution is -2.50. The Kier molecular flexibility index (Phi) is 11.8. The minimum atomic E-state index is -3.48. The summed E-state index contributed by atoms with van der Waals surface area (Å²) < 4.78 is 57.4. The zero-order chi connectivity index (χ0) is 35.5. The molecule has 3 heterocycles. The average molecular weight is 716 g/mol. The van der Waals surface area contributed by atoms with E-state index in [1.807, 2.05) is 38.4 Å². The third kappa shape index (κ3) is 7.13. The van der Waals surface area contributed by atoms with Crippen LogP contribution in [0.15, 0.2) is 43.0 Å². The van der Waals surface area contributed by atoms with Crippen LogP contribution in [0.2, 0.25) is 0 Å². The summed E-state index contributed by atoms with van der Waals surface area (Å²) in [6.45, 7) is 12.0. The predicted octanol–water partition coefficient (Wildman–Crippen LogP) is 6.32. The van der Waals surface area contributed by atoms with Crippen LogP contribution in [-0.4, -0.2) is 92.2 Å². The van der Waals surface area contributed by atoms with E-state index in [4.69, 9.17) is 18.5 Å². The smallest absolute Gasteiger partial charge is 0.334 e. The maximum absolute atomic E-state index is 15.1. The number of methoxy groups -OCH3 is 1. The van der Waals surface area contributed by atoms with Crippen LogP contribution in [0.1, 0.15) is 71.0 Å². The molecule has 2 fully saturated rings. The van der Waals surface area contributed by atoms with Crippen LogP contribution < -0.4 is 5.32 Å². The van der Waals surface area contributed by atoms with Crippen LogP contribution in [0.3, 0.4) is 0 Å². The molecular weight excluding hydrogens is 668 g/mol. The second-order valence-corrected chi connectivity index (χ2v) is 19.0. The first-order chi connectivity index (χ1) is 23.5. The highest BCUT2D eigenvalue weighted by Gasteiger charge is 2.64. The number of hydrogen-bond acceptors (Lipinski definition) is 11. The number of ether oxygens (including phenoxy) is 2. The number of fused-ring (bicyclic) bond motifs is 1. The van der Waals surface area contributed by atoms with Gasteiger partial charge in [0, 0.05) is 42.9 Å². The van der Waals surface area contributed by atoms with Crippen LogP contribution in [0.5, 0.6) is 0 Å². The zero-order valence-electron chi connectivity index (χ0n) is 29.1. The lowest BCUT2D eigenvalue weighted by Gasteiger charge is -2.43. The van der Waals surface area contributed by atoms with E-state index in [1.165, 1.54) is 6.33 Å². The number of hydrogen-bond donors (Lipinski definition) is 1. The van der Waals surface area contributed by atoms with Crippen LogP contribution in [0.4, 0.5) is 5.82 Å². The number of rotatable bonds is 16. The zero-order valence-corrected chi connectivity index (χ0v) is 30.9. The summed E-state index contributed by atoms with van der Waals surface area (Å²) in [5.41, 5.74) is 0.329. The van der Waals surface area contributed by atoms with Gasteiger partial charge in [0.05, 0.1) is 43.4 Å². The fourth-order valence-corrected chi connectivity index (χ4v) is 12.9. The Balaban J connectivity index is 1.59. The van der Waals surface area contributed by atoms with E-state index in [2.05, 4.69) is 26.3 Å². The van der Waals surface area contributed by atoms with Gasteiger partial charge in [0.25, 0.3) is 5.91 Å². The van der Waals surface area contributed by atoms with Gasteiger partial charge in [-0.1, -0.05) is 45.9 Å². The van der Waals surface area contributed by atoms with E-state index in [-0.39, 0.29) is 55.1 Å². The second-order valence-electron chi connectivity index (χ2n) is 12.8. The van der Waals surface area contributed by atoms with Gasteiger partial charge in [-0.15, -0.1) is 0 Å². The van der Waals surface area contributed by atoms with Gasteiger partial charge in [0.15, 0.2) is 30.5 Å².